The van der Waals surface area contributed by atoms with Gasteiger partial charge in [0, 0.05) is 30.5 Å². The SMILES string of the molecule is COCC1(C(=O)NCCc2nc(-c3ccccc3)c(C)s2)CCNCC1.Cl.Cl. The average molecular weight is 446 g/mol. The topological polar surface area (TPSA) is 63.2 Å². The molecule has 1 aromatic heterocycles. The lowest BCUT2D eigenvalue weighted by molar-refractivity contribution is -0.136. The third-order valence-corrected chi connectivity index (χ3v) is 6.01. The van der Waals surface area contributed by atoms with E-state index in [1.54, 1.807) is 18.4 Å². The fourth-order valence-corrected chi connectivity index (χ4v) is 4.47. The molecule has 2 aromatic rings. The van der Waals surface area contributed by atoms with Crippen LogP contribution in [0.1, 0.15) is 22.7 Å². The summed E-state index contributed by atoms with van der Waals surface area (Å²) in [4.78, 5) is 18.7. The summed E-state index contributed by atoms with van der Waals surface area (Å²) in [6, 6.07) is 10.2. The summed E-state index contributed by atoms with van der Waals surface area (Å²) in [6.07, 6.45) is 2.40. The van der Waals surface area contributed by atoms with Gasteiger partial charge in [0.05, 0.1) is 22.7 Å². The summed E-state index contributed by atoms with van der Waals surface area (Å²) in [7, 11) is 1.67. The van der Waals surface area contributed by atoms with Crippen LogP contribution in [0.3, 0.4) is 0 Å². The Labute approximate surface area is 183 Å². The molecule has 1 fully saturated rings. The summed E-state index contributed by atoms with van der Waals surface area (Å²) >= 11 is 1.71. The lowest BCUT2D eigenvalue weighted by Crippen LogP contribution is -2.50. The van der Waals surface area contributed by atoms with Crippen molar-refractivity contribution in [1.29, 1.82) is 0 Å². The molecule has 156 valence electrons. The first-order chi connectivity index (χ1) is 12.6. The molecule has 2 heterocycles. The first-order valence-corrected chi connectivity index (χ1v) is 9.96. The minimum absolute atomic E-state index is 0. The molecule has 1 saturated heterocycles. The van der Waals surface area contributed by atoms with E-state index in [9.17, 15) is 4.79 Å². The smallest absolute Gasteiger partial charge is 0.228 e. The second-order valence-electron chi connectivity index (χ2n) is 6.85. The van der Waals surface area contributed by atoms with Gasteiger partial charge in [-0.1, -0.05) is 30.3 Å². The minimum Gasteiger partial charge on any atom is -0.384 e. The number of piperidine rings is 1. The number of carbonyl (C=O) groups excluding carboxylic acids is 1. The van der Waals surface area contributed by atoms with Gasteiger partial charge in [0.2, 0.25) is 5.91 Å². The highest BCUT2D eigenvalue weighted by atomic mass is 35.5. The van der Waals surface area contributed by atoms with E-state index in [0.717, 1.165) is 48.6 Å². The van der Waals surface area contributed by atoms with Crippen molar-refractivity contribution in [2.24, 2.45) is 5.41 Å². The number of amides is 1. The Morgan fingerprint density at radius 1 is 1.25 bits per heavy atom. The summed E-state index contributed by atoms with van der Waals surface area (Å²) < 4.78 is 5.34. The van der Waals surface area contributed by atoms with Gasteiger partial charge >= 0.3 is 0 Å². The normalized spacial score (nSPS) is 15.2. The van der Waals surface area contributed by atoms with Gasteiger partial charge < -0.3 is 15.4 Å². The van der Waals surface area contributed by atoms with Gasteiger partial charge in [0.25, 0.3) is 0 Å². The number of carbonyl (C=O) groups is 1. The molecular weight excluding hydrogens is 417 g/mol. The predicted molar refractivity (Wildman–Crippen MR) is 120 cm³/mol. The van der Waals surface area contributed by atoms with Crippen LogP contribution < -0.4 is 10.6 Å². The molecule has 2 N–H and O–H groups in total. The fourth-order valence-electron chi connectivity index (χ4n) is 3.51. The van der Waals surface area contributed by atoms with Crippen LogP contribution in [0.4, 0.5) is 0 Å². The number of aryl methyl sites for hydroxylation is 1. The molecule has 0 aliphatic carbocycles. The fraction of sp³-hybridized carbons (Fsp3) is 0.500. The van der Waals surface area contributed by atoms with Crippen molar-refractivity contribution in [3.8, 4) is 11.3 Å². The Hall–Kier alpha value is -1.18. The Balaban J connectivity index is 0.00000196. The number of benzene rings is 1. The molecule has 1 amide bonds. The number of ether oxygens (including phenoxy) is 1. The highest BCUT2D eigenvalue weighted by Gasteiger charge is 2.39. The number of thiazole rings is 1. The van der Waals surface area contributed by atoms with Crippen molar-refractivity contribution >= 4 is 42.1 Å². The van der Waals surface area contributed by atoms with Gasteiger partial charge in [0.15, 0.2) is 0 Å². The summed E-state index contributed by atoms with van der Waals surface area (Å²) in [5.41, 5.74) is 1.80. The Morgan fingerprint density at radius 2 is 1.93 bits per heavy atom. The number of nitrogens with one attached hydrogen (secondary N) is 2. The number of aromatic nitrogens is 1. The summed E-state index contributed by atoms with van der Waals surface area (Å²) in [6.45, 7) is 4.92. The maximum atomic E-state index is 12.8. The van der Waals surface area contributed by atoms with Crippen molar-refractivity contribution in [2.45, 2.75) is 26.2 Å². The molecule has 0 atom stereocenters. The molecule has 3 rings (SSSR count). The number of halogens is 2. The van der Waals surface area contributed by atoms with Crippen molar-refractivity contribution < 1.29 is 9.53 Å². The van der Waals surface area contributed by atoms with Crippen molar-refractivity contribution in [3.05, 3.63) is 40.2 Å². The molecule has 0 radical (unpaired) electrons. The van der Waals surface area contributed by atoms with Gasteiger partial charge in [0.1, 0.15) is 0 Å². The van der Waals surface area contributed by atoms with Crippen LogP contribution in [0, 0.1) is 12.3 Å². The van der Waals surface area contributed by atoms with Gasteiger partial charge in [-0.3, -0.25) is 4.79 Å². The molecule has 1 aliphatic rings. The highest BCUT2D eigenvalue weighted by molar-refractivity contribution is 7.12. The molecule has 28 heavy (non-hydrogen) atoms. The van der Waals surface area contributed by atoms with Gasteiger partial charge in [-0.05, 0) is 32.9 Å². The molecule has 1 aromatic carbocycles. The van der Waals surface area contributed by atoms with E-state index in [-0.39, 0.29) is 30.7 Å². The Morgan fingerprint density at radius 3 is 2.57 bits per heavy atom. The molecule has 5 nitrogen and oxygen atoms in total. The van der Waals surface area contributed by atoms with Crippen LogP contribution in [0.25, 0.3) is 11.3 Å². The predicted octanol–water partition coefficient (Wildman–Crippen LogP) is 3.64. The second-order valence-corrected chi connectivity index (χ2v) is 8.14. The zero-order chi connectivity index (χ0) is 18.4. The molecule has 0 spiro atoms. The number of nitrogens with zero attached hydrogens (tertiary/aromatic N) is 1. The average Bonchev–Trinajstić information content (AvgIpc) is 3.04. The summed E-state index contributed by atoms with van der Waals surface area (Å²) in [5, 5.41) is 7.49. The minimum atomic E-state index is -0.395. The van der Waals surface area contributed by atoms with Crippen molar-refractivity contribution in [1.82, 2.24) is 15.6 Å². The first-order valence-electron chi connectivity index (χ1n) is 9.14. The van der Waals surface area contributed by atoms with E-state index in [1.165, 1.54) is 4.88 Å². The van der Waals surface area contributed by atoms with Gasteiger partial charge in [-0.2, -0.15) is 0 Å². The highest BCUT2D eigenvalue weighted by Crippen LogP contribution is 2.30. The molecule has 8 heteroatoms. The number of rotatable bonds is 7. The maximum absolute atomic E-state index is 12.8. The molecule has 0 saturated carbocycles. The number of hydrogen-bond acceptors (Lipinski definition) is 5. The van der Waals surface area contributed by atoms with Gasteiger partial charge in [-0.25, -0.2) is 4.98 Å². The van der Waals surface area contributed by atoms with E-state index in [1.807, 2.05) is 18.2 Å². The Kier molecular flexibility index (Phi) is 10.4. The summed E-state index contributed by atoms with van der Waals surface area (Å²) in [5.74, 6) is 0.109. The Bertz CT molecular complexity index is 729. The number of methoxy groups -OCH3 is 1. The third-order valence-electron chi connectivity index (χ3n) is 4.98. The molecule has 0 bridgehead atoms. The van der Waals surface area contributed by atoms with Crippen LogP contribution in [-0.2, 0) is 16.0 Å². The maximum Gasteiger partial charge on any atom is 0.228 e. The van der Waals surface area contributed by atoms with E-state index in [4.69, 9.17) is 9.72 Å². The van der Waals surface area contributed by atoms with Crippen molar-refractivity contribution in [3.63, 3.8) is 0 Å². The standard InChI is InChI=1S/C20H27N3O2S.2ClH/c1-15-18(16-6-4-3-5-7-16)23-17(26-15)8-11-22-19(24)20(14-25-2)9-12-21-13-10-20;;/h3-7,21H,8-14H2,1-2H3,(H,22,24);2*1H. The first kappa shape index (κ1) is 24.9. The van der Waals surface area contributed by atoms with Crippen LogP contribution in [0.5, 0.6) is 0 Å². The molecule has 1 aliphatic heterocycles. The monoisotopic (exact) mass is 445 g/mol. The third kappa shape index (κ3) is 5.91. The lowest BCUT2D eigenvalue weighted by atomic mass is 9.78. The van der Waals surface area contributed by atoms with Crippen LogP contribution in [-0.4, -0.2) is 44.2 Å². The van der Waals surface area contributed by atoms with E-state index >= 15 is 0 Å². The van der Waals surface area contributed by atoms with Crippen LogP contribution >= 0.6 is 36.2 Å². The van der Waals surface area contributed by atoms with E-state index in [2.05, 4.69) is 29.7 Å². The largest absolute Gasteiger partial charge is 0.384 e. The van der Waals surface area contributed by atoms with E-state index < -0.39 is 5.41 Å². The van der Waals surface area contributed by atoms with E-state index in [0.29, 0.717) is 13.2 Å². The van der Waals surface area contributed by atoms with Crippen LogP contribution in [0.2, 0.25) is 0 Å². The zero-order valence-electron chi connectivity index (χ0n) is 16.3. The number of hydrogen-bond donors (Lipinski definition) is 2. The quantitative estimate of drug-likeness (QED) is 0.682. The zero-order valence-corrected chi connectivity index (χ0v) is 18.8. The second kappa shape index (κ2) is 11.7. The van der Waals surface area contributed by atoms with Crippen molar-refractivity contribution in [2.75, 3.05) is 33.4 Å². The lowest BCUT2D eigenvalue weighted by Gasteiger charge is -2.35. The van der Waals surface area contributed by atoms with Crippen LogP contribution in [0.15, 0.2) is 30.3 Å². The molecule has 0 unspecified atom stereocenters. The molecular formula is C20H29Cl2N3O2S. The van der Waals surface area contributed by atoms with Gasteiger partial charge in [-0.15, -0.1) is 36.2 Å².